The van der Waals surface area contributed by atoms with Gasteiger partial charge < -0.3 is 28.6 Å². The molecule has 4 bridgehead atoms. The van der Waals surface area contributed by atoms with E-state index in [1.165, 1.54) is 30.6 Å². The van der Waals surface area contributed by atoms with Gasteiger partial charge in [0.15, 0.2) is 5.65 Å². The predicted molar refractivity (Wildman–Crippen MR) is 189 cm³/mol. The maximum atomic E-state index is 15.0. The van der Waals surface area contributed by atoms with Gasteiger partial charge in [-0.15, -0.1) is 0 Å². The van der Waals surface area contributed by atoms with Crippen LogP contribution in [-0.2, 0) is 16.1 Å². The van der Waals surface area contributed by atoms with Crippen molar-refractivity contribution in [1.29, 1.82) is 0 Å². The zero-order valence-electron chi connectivity index (χ0n) is 29.3. The van der Waals surface area contributed by atoms with Crippen molar-refractivity contribution >= 4 is 33.8 Å². The van der Waals surface area contributed by atoms with Gasteiger partial charge in [-0.25, -0.2) is 33.4 Å². The van der Waals surface area contributed by atoms with Crippen LogP contribution < -0.4 is 14.4 Å². The number of carbonyl (C=O) groups excluding carboxylic acids is 1. The van der Waals surface area contributed by atoms with Crippen molar-refractivity contribution in [3.8, 4) is 28.7 Å². The number of benzene rings is 2. The van der Waals surface area contributed by atoms with Crippen LogP contribution >= 0.6 is 0 Å². The molecule has 2 aromatic carbocycles. The molecule has 2 fully saturated rings. The molecule has 4 aromatic heterocycles. The average Bonchev–Trinajstić information content (AvgIpc) is 3.55. The molecule has 6 aromatic rings. The first-order valence-corrected chi connectivity index (χ1v) is 17.7. The summed E-state index contributed by atoms with van der Waals surface area (Å²) in [5, 5.41) is 5.23. The highest BCUT2D eigenvalue weighted by Crippen LogP contribution is 2.37. The molecule has 1 saturated carbocycles. The van der Waals surface area contributed by atoms with Crippen LogP contribution in [0.4, 0.5) is 14.6 Å². The summed E-state index contributed by atoms with van der Waals surface area (Å²) in [6.45, 7) is 5.10. The zero-order chi connectivity index (χ0) is 36.4. The largest absolute Gasteiger partial charge is 0.488 e. The highest BCUT2D eigenvalue weighted by Gasteiger charge is 2.42. The second kappa shape index (κ2) is 13.0. The van der Waals surface area contributed by atoms with Gasteiger partial charge in [-0.2, -0.15) is 10.1 Å². The van der Waals surface area contributed by atoms with E-state index in [2.05, 4.69) is 25.0 Å². The van der Waals surface area contributed by atoms with E-state index < -0.39 is 29.9 Å². The van der Waals surface area contributed by atoms with Gasteiger partial charge in [-0.3, -0.25) is 4.79 Å². The van der Waals surface area contributed by atoms with Crippen LogP contribution in [-0.4, -0.2) is 101 Å². The number of aryl methyl sites for hydroxylation is 1. The molecule has 1 saturated heterocycles. The normalized spacial score (nSPS) is 20.5. The zero-order valence-corrected chi connectivity index (χ0v) is 29.3. The Morgan fingerprint density at radius 3 is 2.68 bits per heavy atom. The number of halogens is 2. The molecule has 14 nitrogen and oxygen atoms in total. The molecule has 0 spiro atoms. The van der Waals surface area contributed by atoms with E-state index in [9.17, 15) is 9.18 Å². The van der Waals surface area contributed by atoms with Crippen molar-refractivity contribution < 1.29 is 27.8 Å². The molecular formula is C37H36F2N10O4. The van der Waals surface area contributed by atoms with Gasteiger partial charge in [0.2, 0.25) is 5.91 Å². The van der Waals surface area contributed by atoms with Crippen molar-refractivity contribution in [3.63, 3.8) is 0 Å². The number of fused-ring (bicyclic) bond motifs is 6. The number of likely N-dealkylation sites (N-methyl/N-ethyl adjacent to an activating group) is 1. The molecule has 0 N–H and O–H groups in total. The highest BCUT2D eigenvalue weighted by molar-refractivity contribution is 5.93. The lowest BCUT2D eigenvalue weighted by Crippen LogP contribution is -2.47. The fourth-order valence-electron chi connectivity index (χ4n) is 7.43. The molecule has 0 unspecified atom stereocenters. The topological polar surface area (TPSA) is 138 Å². The van der Waals surface area contributed by atoms with Crippen molar-refractivity contribution in [2.75, 3.05) is 31.6 Å². The third-order valence-corrected chi connectivity index (χ3v) is 9.95. The van der Waals surface area contributed by atoms with Crippen LogP contribution in [0.3, 0.4) is 0 Å². The van der Waals surface area contributed by atoms with Crippen LogP contribution in [0.1, 0.15) is 32.0 Å². The third-order valence-electron chi connectivity index (χ3n) is 9.95. The van der Waals surface area contributed by atoms with Gasteiger partial charge in [0.25, 0.3) is 0 Å². The Morgan fingerprint density at radius 1 is 0.981 bits per heavy atom. The molecule has 3 atom stereocenters. The fourth-order valence-corrected chi connectivity index (χ4v) is 7.43. The molecule has 272 valence electrons. The first-order chi connectivity index (χ1) is 25.7. The molecular weight excluding hydrogens is 686 g/mol. The van der Waals surface area contributed by atoms with Gasteiger partial charge in [-0.1, -0.05) is 0 Å². The van der Waals surface area contributed by atoms with Crippen LogP contribution in [0, 0.1) is 18.6 Å². The second-order valence-corrected chi connectivity index (χ2v) is 13.7. The summed E-state index contributed by atoms with van der Waals surface area (Å²) >= 11 is 0. The summed E-state index contributed by atoms with van der Waals surface area (Å²) in [6, 6.07) is 8.29. The molecule has 3 aliphatic rings. The molecule has 53 heavy (non-hydrogen) atoms. The Balaban J connectivity index is 1.13. The Morgan fingerprint density at radius 2 is 1.85 bits per heavy atom. The van der Waals surface area contributed by atoms with Crippen molar-refractivity contribution in [3.05, 3.63) is 72.6 Å². The minimum absolute atomic E-state index is 0.0368. The highest BCUT2D eigenvalue weighted by atomic mass is 19.1. The van der Waals surface area contributed by atoms with E-state index >= 15 is 4.39 Å². The van der Waals surface area contributed by atoms with E-state index in [1.54, 1.807) is 41.2 Å². The number of carbonyl (C=O) groups is 1. The maximum Gasteiger partial charge on any atom is 0.317 e. The van der Waals surface area contributed by atoms with E-state index in [1.807, 2.05) is 23.3 Å². The Hall–Kier alpha value is -5.77. The van der Waals surface area contributed by atoms with Crippen molar-refractivity contribution in [2.45, 2.75) is 64.0 Å². The number of ether oxygens (including phenoxy) is 3. The van der Waals surface area contributed by atoms with E-state index in [-0.39, 0.29) is 31.1 Å². The minimum atomic E-state index is -0.686. The second-order valence-electron chi connectivity index (χ2n) is 13.7. The van der Waals surface area contributed by atoms with Crippen molar-refractivity contribution in [1.82, 2.24) is 44.2 Å². The third kappa shape index (κ3) is 6.05. The van der Waals surface area contributed by atoms with Crippen LogP contribution in [0.2, 0.25) is 0 Å². The monoisotopic (exact) mass is 722 g/mol. The van der Waals surface area contributed by atoms with Crippen LogP contribution in [0.25, 0.3) is 39.0 Å². The lowest BCUT2D eigenvalue weighted by molar-refractivity contribution is -0.133. The number of hydrogen-bond donors (Lipinski definition) is 0. The number of imidazole rings is 1. The Kier molecular flexibility index (Phi) is 8.13. The summed E-state index contributed by atoms with van der Waals surface area (Å²) < 4.78 is 51.6. The number of rotatable bonds is 6. The van der Waals surface area contributed by atoms with E-state index in [4.69, 9.17) is 19.2 Å². The van der Waals surface area contributed by atoms with E-state index in [0.29, 0.717) is 76.0 Å². The Bertz CT molecular complexity index is 2380. The lowest BCUT2D eigenvalue weighted by atomic mass is 10.1. The predicted octanol–water partition coefficient (Wildman–Crippen LogP) is 4.65. The van der Waals surface area contributed by atoms with Gasteiger partial charge in [0, 0.05) is 50.5 Å². The van der Waals surface area contributed by atoms with Crippen molar-refractivity contribution in [2.24, 2.45) is 0 Å². The summed E-state index contributed by atoms with van der Waals surface area (Å²) in [4.78, 5) is 41.1. The minimum Gasteiger partial charge on any atom is -0.488 e. The first kappa shape index (κ1) is 33.1. The number of anilines is 1. The number of hydrogen-bond acceptors (Lipinski definition) is 11. The van der Waals surface area contributed by atoms with Gasteiger partial charge in [-0.05, 0) is 51.0 Å². The van der Waals surface area contributed by atoms with Gasteiger partial charge in [0.1, 0.15) is 53.2 Å². The molecule has 9 rings (SSSR count). The van der Waals surface area contributed by atoms with Gasteiger partial charge in [0.05, 0.1) is 53.6 Å². The average molecular weight is 723 g/mol. The number of nitrogens with zero attached hydrogens (tertiary/aromatic N) is 10. The molecule has 2 aliphatic heterocycles. The first-order valence-electron chi connectivity index (χ1n) is 17.7. The number of amides is 1. The summed E-state index contributed by atoms with van der Waals surface area (Å²) in [7, 11) is 1.76. The molecule has 16 heteroatoms. The Labute approximate surface area is 302 Å². The molecule has 0 radical (unpaired) electrons. The summed E-state index contributed by atoms with van der Waals surface area (Å²) in [5.74, 6) is 0.523. The summed E-state index contributed by atoms with van der Waals surface area (Å²) in [5.41, 5.74) is 3.21. The molecule has 6 heterocycles. The smallest absolute Gasteiger partial charge is 0.317 e. The van der Waals surface area contributed by atoms with Gasteiger partial charge >= 0.3 is 6.01 Å². The SMILES string of the molecule is CCO[C@H]1CN(C)C(=O)[C@@H]2C[C@@H](CN2c2ncnc3c2cnn3-c2ccc(F)cc2OC2CC2)Oc2nccc(n2)-c2cc(F)cc3nc(C)n(c23)C1. The quantitative estimate of drug-likeness (QED) is 0.238. The maximum absolute atomic E-state index is 15.0. The van der Waals surface area contributed by atoms with E-state index in [0.717, 1.165) is 12.8 Å². The van der Waals surface area contributed by atoms with Crippen LogP contribution in [0.15, 0.2) is 55.1 Å². The summed E-state index contributed by atoms with van der Waals surface area (Å²) in [6.07, 6.45) is 5.87. The van der Waals surface area contributed by atoms with Crippen LogP contribution in [0.5, 0.6) is 11.8 Å². The lowest BCUT2D eigenvalue weighted by Gasteiger charge is -2.31. The molecule has 1 aliphatic carbocycles. The fraction of sp³-hybridized carbons (Fsp3) is 0.378. The number of aromatic nitrogens is 8. The standard InChI is InChI=1S/C37H36F2N10O4/c1-4-51-25-16-46(3)36(50)31-14-24(53-37-40-10-9-28(45-37)26-11-22(39)12-29-33(26)47(18-25)20(2)44-29)17-48(31)34-27-15-43-49(35(27)42-19-41-34)30-8-5-21(38)13-32(30)52-23-6-7-23/h5,8-13,15,19,23-25,31H,4,6-7,14,16-18H2,1-3H3/t24-,25-,31-/m0/s1. The molecule has 1 amide bonds.